The summed E-state index contributed by atoms with van der Waals surface area (Å²) >= 11 is 0. The van der Waals surface area contributed by atoms with Gasteiger partial charge < -0.3 is 24.4 Å². The first-order valence-corrected chi connectivity index (χ1v) is 7.94. The number of hydrogen-bond acceptors (Lipinski definition) is 9. The van der Waals surface area contributed by atoms with Gasteiger partial charge in [-0.2, -0.15) is 0 Å². The van der Waals surface area contributed by atoms with Crippen molar-refractivity contribution in [1.82, 2.24) is 0 Å². The van der Waals surface area contributed by atoms with Gasteiger partial charge in [0.25, 0.3) is 0 Å². The van der Waals surface area contributed by atoms with E-state index in [4.69, 9.17) is 14.9 Å². The molecule has 3 rings (SSSR count). The summed E-state index contributed by atoms with van der Waals surface area (Å²) < 4.78 is 13.3. The van der Waals surface area contributed by atoms with E-state index in [1.54, 1.807) is 38.1 Å². The van der Waals surface area contributed by atoms with E-state index in [9.17, 15) is 19.2 Å². The molecule has 0 aromatic heterocycles. The molecule has 2 N–H and O–H groups in total. The van der Waals surface area contributed by atoms with Crippen LogP contribution >= 0.6 is 0 Å². The molecule has 0 saturated carbocycles. The number of carbonyl (C=O) groups is 4. The molecule has 1 aromatic carbocycles. The standard InChI is InChI=1S/C8H4O3.C6H14O3.C4H2O3/c9-7-5-3-1-2-4-6(5)8(10)11-7;1-5(8)4-9-6(2)3-7;5-3-1-2-4(6)7-3/h1-4H;5-8H,3-4H2,1-2H3;1-2H. The normalized spacial score (nSPS) is 16.3. The van der Waals surface area contributed by atoms with Crippen molar-refractivity contribution in [3.63, 3.8) is 0 Å². The second kappa shape index (κ2) is 11.0. The number of esters is 4. The summed E-state index contributed by atoms with van der Waals surface area (Å²) in [6.07, 6.45) is 1.56. The van der Waals surface area contributed by atoms with Crippen molar-refractivity contribution in [3.8, 4) is 0 Å². The maximum Gasteiger partial charge on any atom is 0.346 e. The molecule has 2 aliphatic rings. The lowest BCUT2D eigenvalue weighted by molar-refractivity contribution is -0.150. The zero-order valence-corrected chi connectivity index (χ0v) is 14.8. The Morgan fingerprint density at radius 3 is 1.74 bits per heavy atom. The molecule has 9 heteroatoms. The molecule has 0 bridgehead atoms. The van der Waals surface area contributed by atoms with Crippen LogP contribution in [0.5, 0.6) is 0 Å². The number of carbonyl (C=O) groups excluding carboxylic acids is 4. The number of ether oxygens (including phenoxy) is 3. The topological polar surface area (TPSA) is 136 Å². The summed E-state index contributed by atoms with van der Waals surface area (Å²) in [6.45, 7) is 3.70. The zero-order chi connectivity index (χ0) is 20.4. The van der Waals surface area contributed by atoms with Crippen LogP contribution in [0.15, 0.2) is 36.4 Å². The summed E-state index contributed by atoms with van der Waals surface area (Å²) in [5, 5.41) is 17.1. The van der Waals surface area contributed by atoms with Crippen LogP contribution in [0.2, 0.25) is 0 Å². The van der Waals surface area contributed by atoms with Crippen molar-refractivity contribution >= 4 is 23.9 Å². The number of hydrogen-bond donors (Lipinski definition) is 2. The first kappa shape index (κ1) is 22.2. The molecule has 0 spiro atoms. The lowest BCUT2D eigenvalue weighted by Gasteiger charge is -2.10. The average Bonchev–Trinajstić information content (AvgIpc) is 3.16. The molecule has 2 atom stereocenters. The van der Waals surface area contributed by atoms with Crippen LogP contribution in [0.1, 0.15) is 34.6 Å². The van der Waals surface area contributed by atoms with E-state index < -0.39 is 30.0 Å². The van der Waals surface area contributed by atoms with Gasteiger partial charge in [0.1, 0.15) is 0 Å². The van der Waals surface area contributed by atoms with Crippen LogP contribution in [0, 0.1) is 0 Å². The van der Waals surface area contributed by atoms with Crippen molar-refractivity contribution in [2.24, 2.45) is 0 Å². The quantitative estimate of drug-likeness (QED) is 0.561. The summed E-state index contributed by atoms with van der Waals surface area (Å²) in [7, 11) is 0. The molecule has 146 valence electrons. The predicted octanol–water partition coefficient (Wildman–Crippen LogP) is 0.388. The third kappa shape index (κ3) is 7.90. The second-order valence-electron chi connectivity index (χ2n) is 5.47. The van der Waals surface area contributed by atoms with E-state index in [-0.39, 0.29) is 12.7 Å². The highest BCUT2D eigenvalue weighted by Crippen LogP contribution is 2.18. The maximum atomic E-state index is 10.8. The number of cyclic esters (lactones) is 4. The largest absolute Gasteiger partial charge is 0.394 e. The van der Waals surface area contributed by atoms with Crippen molar-refractivity contribution in [3.05, 3.63) is 47.5 Å². The van der Waals surface area contributed by atoms with E-state index in [0.29, 0.717) is 17.7 Å². The van der Waals surface area contributed by atoms with Gasteiger partial charge in [0, 0.05) is 12.2 Å². The number of fused-ring (bicyclic) bond motifs is 1. The number of benzene rings is 1. The van der Waals surface area contributed by atoms with Crippen LogP contribution < -0.4 is 0 Å². The molecule has 0 saturated heterocycles. The average molecular weight is 380 g/mol. The Morgan fingerprint density at radius 2 is 1.41 bits per heavy atom. The molecule has 2 aliphatic heterocycles. The fraction of sp³-hybridized carbons (Fsp3) is 0.333. The van der Waals surface area contributed by atoms with Crippen LogP contribution in [0.3, 0.4) is 0 Å². The molecule has 0 radical (unpaired) electrons. The smallest absolute Gasteiger partial charge is 0.346 e. The second-order valence-corrected chi connectivity index (χ2v) is 5.47. The Balaban J connectivity index is 0.000000208. The van der Waals surface area contributed by atoms with Gasteiger partial charge in [-0.15, -0.1) is 0 Å². The van der Waals surface area contributed by atoms with E-state index >= 15 is 0 Å². The molecule has 2 heterocycles. The molecule has 2 unspecified atom stereocenters. The Kier molecular flexibility index (Phi) is 9.00. The first-order chi connectivity index (χ1) is 12.7. The third-order valence-electron chi connectivity index (χ3n) is 2.99. The molecule has 0 amide bonds. The molecule has 1 aromatic rings. The molecular formula is C18H20O9. The zero-order valence-electron chi connectivity index (χ0n) is 14.8. The first-order valence-electron chi connectivity index (χ1n) is 7.94. The van der Waals surface area contributed by atoms with Gasteiger partial charge in [0.05, 0.1) is 36.5 Å². The molecule has 9 nitrogen and oxygen atoms in total. The SMILES string of the molecule is CC(O)COC(C)CO.O=C1C=CC(=O)O1.O=C1OC(=O)c2ccccc21. The van der Waals surface area contributed by atoms with E-state index in [1.807, 2.05) is 0 Å². The van der Waals surface area contributed by atoms with Crippen LogP contribution in [-0.2, 0) is 23.8 Å². The highest BCUT2D eigenvalue weighted by atomic mass is 16.6. The predicted molar refractivity (Wildman–Crippen MR) is 90.6 cm³/mol. The van der Waals surface area contributed by atoms with Gasteiger partial charge in [-0.3, -0.25) is 0 Å². The number of aliphatic hydroxyl groups is 2. The maximum absolute atomic E-state index is 10.8. The minimum absolute atomic E-state index is 0.00667. The Hall–Kier alpha value is -2.88. The van der Waals surface area contributed by atoms with Crippen molar-refractivity contribution in [2.75, 3.05) is 13.2 Å². The van der Waals surface area contributed by atoms with Crippen molar-refractivity contribution in [1.29, 1.82) is 0 Å². The number of aliphatic hydroxyl groups excluding tert-OH is 2. The van der Waals surface area contributed by atoms with Gasteiger partial charge in [-0.25, -0.2) is 19.2 Å². The summed E-state index contributed by atoms with van der Waals surface area (Å²) in [4.78, 5) is 41.5. The minimum atomic E-state index is -0.579. The molecular weight excluding hydrogens is 360 g/mol. The van der Waals surface area contributed by atoms with E-state index in [2.05, 4.69) is 9.47 Å². The van der Waals surface area contributed by atoms with Crippen LogP contribution in [0.4, 0.5) is 0 Å². The monoisotopic (exact) mass is 380 g/mol. The highest BCUT2D eigenvalue weighted by molar-refractivity contribution is 6.14. The van der Waals surface area contributed by atoms with Gasteiger partial charge in [-0.05, 0) is 26.0 Å². The Morgan fingerprint density at radius 1 is 0.926 bits per heavy atom. The minimum Gasteiger partial charge on any atom is -0.394 e. The fourth-order valence-corrected chi connectivity index (χ4v) is 1.69. The van der Waals surface area contributed by atoms with Crippen LogP contribution in [-0.4, -0.2) is 59.5 Å². The van der Waals surface area contributed by atoms with Gasteiger partial charge >= 0.3 is 23.9 Å². The van der Waals surface area contributed by atoms with Crippen molar-refractivity contribution in [2.45, 2.75) is 26.1 Å². The van der Waals surface area contributed by atoms with Gasteiger partial charge in [0.15, 0.2) is 0 Å². The summed E-state index contributed by atoms with van der Waals surface area (Å²) in [5.41, 5.74) is 0.718. The van der Waals surface area contributed by atoms with Crippen molar-refractivity contribution < 1.29 is 43.6 Å². The van der Waals surface area contributed by atoms with Crippen LogP contribution in [0.25, 0.3) is 0 Å². The van der Waals surface area contributed by atoms with E-state index in [0.717, 1.165) is 12.2 Å². The van der Waals surface area contributed by atoms with Gasteiger partial charge in [0.2, 0.25) is 0 Å². The third-order valence-corrected chi connectivity index (χ3v) is 2.99. The Bertz CT molecular complexity index is 672. The Labute approximate surface area is 155 Å². The molecule has 27 heavy (non-hydrogen) atoms. The molecule has 0 fully saturated rings. The number of rotatable bonds is 4. The fourth-order valence-electron chi connectivity index (χ4n) is 1.69. The van der Waals surface area contributed by atoms with E-state index in [1.165, 1.54) is 0 Å². The lowest BCUT2D eigenvalue weighted by Crippen LogP contribution is -2.19. The van der Waals surface area contributed by atoms with Gasteiger partial charge in [-0.1, -0.05) is 12.1 Å². The lowest BCUT2D eigenvalue weighted by atomic mass is 10.1. The summed E-state index contributed by atoms with van der Waals surface area (Å²) in [5.74, 6) is -2.26. The molecule has 0 aliphatic carbocycles. The highest BCUT2D eigenvalue weighted by Gasteiger charge is 2.28. The summed E-state index contributed by atoms with van der Waals surface area (Å²) in [6, 6.07) is 6.53.